The summed E-state index contributed by atoms with van der Waals surface area (Å²) < 4.78 is 12.0. The maximum atomic E-state index is 9.31. The Kier molecular flexibility index (Phi) is 3.63. The van der Waals surface area contributed by atoms with Crippen molar-refractivity contribution in [2.75, 3.05) is 19.8 Å². The van der Waals surface area contributed by atoms with Crippen molar-refractivity contribution in [1.82, 2.24) is 5.32 Å². The largest absolute Gasteiger partial charge is 0.486 e. The molecular formula is C14H15BrN2O2. The van der Waals surface area contributed by atoms with Crippen LogP contribution in [-0.4, -0.2) is 19.8 Å². The first kappa shape index (κ1) is 12.8. The number of ether oxygens (including phenoxy) is 2. The van der Waals surface area contributed by atoms with Crippen LogP contribution in [-0.2, 0) is 0 Å². The van der Waals surface area contributed by atoms with Gasteiger partial charge in [0, 0.05) is 0 Å². The van der Waals surface area contributed by atoms with Gasteiger partial charge in [-0.15, -0.1) is 0 Å². The van der Waals surface area contributed by atoms with E-state index in [4.69, 9.17) is 9.47 Å². The highest BCUT2D eigenvalue weighted by Crippen LogP contribution is 2.40. The summed E-state index contributed by atoms with van der Waals surface area (Å²) in [5.41, 5.74) is 0.916. The van der Waals surface area contributed by atoms with Crippen molar-refractivity contribution in [3.63, 3.8) is 0 Å². The lowest BCUT2D eigenvalue weighted by Crippen LogP contribution is -2.23. The van der Waals surface area contributed by atoms with Crippen LogP contribution in [0.5, 0.6) is 11.5 Å². The molecule has 0 radical (unpaired) electrons. The smallest absolute Gasteiger partial charge is 0.175 e. The third kappa shape index (κ3) is 2.85. The van der Waals surface area contributed by atoms with Crippen LogP contribution in [0.15, 0.2) is 16.6 Å². The molecule has 4 nitrogen and oxygen atoms in total. The highest BCUT2D eigenvalue weighted by Gasteiger charge is 2.24. The zero-order valence-corrected chi connectivity index (χ0v) is 12.1. The molecule has 1 heterocycles. The molecule has 1 aliphatic heterocycles. The minimum Gasteiger partial charge on any atom is -0.486 e. The molecule has 1 fully saturated rings. The van der Waals surface area contributed by atoms with Gasteiger partial charge in [-0.05, 0) is 58.9 Å². The molecule has 1 unspecified atom stereocenters. The average Bonchev–Trinajstić information content (AvgIpc) is 3.24. The molecule has 1 aromatic rings. The van der Waals surface area contributed by atoms with Crippen molar-refractivity contribution in [2.24, 2.45) is 5.92 Å². The summed E-state index contributed by atoms with van der Waals surface area (Å²) in [5.74, 6) is 2.19. The summed E-state index contributed by atoms with van der Waals surface area (Å²) in [6, 6.07) is 5.84. The Morgan fingerprint density at radius 2 is 2.16 bits per heavy atom. The molecule has 0 aromatic heterocycles. The third-order valence-electron chi connectivity index (χ3n) is 3.39. The Bertz CT molecular complexity index is 523. The van der Waals surface area contributed by atoms with E-state index in [1.807, 2.05) is 12.1 Å². The minimum absolute atomic E-state index is 0.298. The normalized spacial score (nSPS) is 18.7. The second-order valence-corrected chi connectivity index (χ2v) is 5.79. The Morgan fingerprint density at radius 3 is 2.89 bits per heavy atom. The van der Waals surface area contributed by atoms with Crippen LogP contribution in [0, 0.1) is 17.2 Å². The van der Waals surface area contributed by atoms with E-state index >= 15 is 0 Å². The predicted molar refractivity (Wildman–Crippen MR) is 74.2 cm³/mol. The Morgan fingerprint density at radius 1 is 1.37 bits per heavy atom. The number of rotatable bonds is 4. The first-order chi connectivity index (χ1) is 9.28. The van der Waals surface area contributed by atoms with E-state index in [1.165, 1.54) is 12.8 Å². The van der Waals surface area contributed by atoms with Gasteiger partial charge in [0.05, 0.1) is 10.5 Å². The minimum atomic E-state index is -0.298. The van der Waals surface area contributed by atoms with Crippen molar-refractivity contribution in [2.45, 2.75) is 18.9 Å². The first-order valence-corrected chi connectivity index (χ1v) is 7.29. The summed E-state index contributed by atoms with van der Waals surface area (Å²) in [6.45, 7) is 2.02. The zero-order chi connectivity index (χ0) is 13.2. The van der Waals surface area contributed by atoms with Crippen LogP contribution < -0.4 is 14.8 Å². The van der Waals surface area contributed by atoms with E-state index in [0.717, 1.165) is 28.2 Å². The average molecular weight is 323 g/mol. The molecule has 1 N–H and O–H groups in total. The van der Waals surface area contributed by atoms with Crippen LogP contribution in [0.25, 0.3) is 0 Å². The molecule has 0 amide bonds. The molecule has 0 saturated heterocycles. The molecular weight excluding hydrogens is 308 g/mol. The second-order valence-electron chi connectivity index (χ2n) is 4.94. The molecule has 1 atom stereocenters. The molecule has 1 aromatic carbocycles. The summed E-state index contributed by atoms with van der Waals surface area (Å²) in [4.78, 5) is 0. The number of hydrogen-bond donors (Lipinski definition) is 1. The lowest BCUT2D eigenvalue weighted by molar-refractivity contribution is 0.170. The van der Waals surface area contributed by atoms with Gasteiger partial charge in [0.2, 0.25) is 0 Å². The Hall–Kier alpha value is -1.25. The van der Waals surface area contributed by atoms with Crippen LogP contribution in [0.3, 0.4) is 0 Å². The molecule has 19 heavy (non-hydrogen) atoms. The van der Waals surface area contributed by atoms with Gasteiger partial charge in [-0.2, -0.15) is 5.26 Å². The summed E-state index contributed by atoms with van der Waals surface area (Å²) >= 11 is 3.48. The van der Waals surface area contributed by atoms with Gasteiger partial charge < -0.3 is 9.47 Å². The van der Waals surface area contributed by atoms with Crippen molar-refractivity contribution in [3.8, 4) is 17.6 Å². The Labute approximate surface area is 120 Å². The molecule has 2 aliphatic rings. The van der Waals surface area contributed by atoms with Gasteiger partial charge in [-0.3, -0.25) is 5.32 Å². The monoisotopic (exact) mass is 322 g/mol. The summed E-state index contributed by atoms with van der Waals surface area (Å²) in [6.07, 6.45) is 2.55. The van der Waals surface area contributed by atoms with E-state index in [2.05, 4.69) is 27.3 Å². The van der Waals surface area contributed by atoms with E-state index in [0.29, 0.717) is 19.0 Å². The molecule has 0 bridgehead atoms. The quantitative estimate of drug-likeness (QED) is 0.926. The highest BCUT2D eigenvalue weighted by atomic mass is 79.9. The van der Waals surface area contributed by atoms with Gasteiger partial charge in [0.25, 0.3) is 0 Å². The van der Waals surface area contributed by atoms with Crippen LogP contribution in [0.4, 0.5) is 0 Å². The van der Waals surface area contributed by atoms with Gasteiger partial charge in [-0.25, -0.2) is 0 Å². The number of halogens is 1. The van der Waals surface area contributed by atoms with E-state index in [9.17, 15) is 5.26 Å². The zero-order valence-electron chi connectivity index (χ0n) is 10.5. The fraction of sp³-hybridized carbons (Fsp3) is 0.500. The fourth-order valence-corrected chi connectivity index (χ4v) is 2.72. The number of nitriles is 1. The molecule has 5 heteroatoms. The topological polar surface area (TPSA) is 54.3 Å². The maximum absolute atomic E-state index is 9.31. The molecule has 1 aliphatic carbocycles. The summed E-state index contributed by atoms with van der Waals surface area (Å²) in [7, 11) is 0. The Balaban J connectivity index is 1.82. The van der Waals surface area contributed by atoms with Crippen LogP contribution >= 0.6 is 15.9 Å². The van der Waals surface area contributed by atoms with Crippen molar-refractivity contribution < 1.29 is 9.47 Å². The van der Waals surface area contributed by atoms with E-state index < -0.39 is 0 Å². The van der Waals surface area contributed by atoms with Gasteiger partial charge in [-0.1, -0.05) is 0 Å². The van der Waals surface area contributed by atoms with Crippen molar-refractivity contribution >= 4 is 15.9 Å². The van der Waals surface area contributed by atoms with Gasteiger partial charge >= 0.3 is 0 Å². The van der Waals surface area contributed by atoms with Crippen molar-refractivity contribution in [3.05, 3.63) is 22.2 Å². The van der Waals surface area contributed by atoms with Gasteiger partial charge in [0.1, 0.15) is 19.3 Å². The van der Waals surface area contributed by atoms with Crippen LogP contribution in [0.1, 0.15) is 24.4 Å². The standard InChI is InChI=1S/C14H15BrN2O2/c15-11-5-10(6-13-14(11)19-4-3-18-13)12(7-16)17-8-9-1-2-9/h5-6,9,12,17H,1-4,8H2. The second kappa shape index (κ2) is 5.40. The molecule has 3 rings (SSSR count). The van der Waals surface area contributed by atoms with Crippen LogP contribution in [0.2, 0.25) is 0 Å². The van der Waals surface area contributed by atoms with Gasteiger partial charge in [0.15, 0.2) is 11.5 Å². The predicted octanol–water partition coefficient (Wildman–Crippen LogP) is 2.78. The van der Waals surface area contributed by atoms with E-state index in [1.54, 1.807) is 0 Å². The number of fused-ring (bicyclic) bond motifs is 1. The first-order valence-electron chi connectivity index (χ1n) is 6.50. The fourth-order valence-electron chi connectivity index (χ4n) is 2.14. The summed E-state index contributed by atoms with van der Waals surface area (Å²) in [5, 5.41) is 12.6. The lowest BCUT2D eigenvalue weighted by Gasteiger charge is -2.21. The third-order valence-corrected chi connectivity index (χ3v) is 3.98. The maximum Gasteiger partial charge on any atom is 0.175 e. The highest BCUT2D eigenvalue weighted by molar-refractivity contribution is 9.10. The number of benzene rings is 1. The number of hydrogen-bond acceptors (Lipinski definition) is 4. The lowest BCUT2D eigenvalue weighted by atomic mass is 10.1. The SMILES string of the molecule is N#CC(NCC1CC1)c1cc(Br)c2c(c1)OCCO2. The molecule has 1 saturated carbocycles. The number of nitrogens with one attached hydrogen (secondary N) is 1. The molecule has 0 spiro atoms. The van der Waals surface area contributed by atoms with E-state index in [-0.39, 0.29) is 6.04 Å². The van der Waals surface area contributed by atoms with Crippen molar-refractivity contribution in [1.29, 1.82) is 5.26 Å². The number of nitrogens with zero attached hydrogens (tertiary/aromatic N) is 1. The molecule has 100 valence electrons.